The van der Waals surface area contributed by atoms with Crippen LogP contribution in [0.5, 0.6) is 5.75 Å². The average molecular weight is 301 g/mol. The van der Waals surface area contributed by atoms with Crippen LogP contribution < -0.4 is 10.1 Å². The number of carbonyl (C=O) groups is 2. The van der Waals surface area contributed by atoms with Gasteiger partial charge in [-0.25, -0.2) is 0 Å². The summed E-state index contributed by atoms with van der Waals surface area (Å²) in [6.07, 6.45) is 4.47. The van der Waals surface area contributed by atoms with Crippen LogP contribution in [0.2, 0.25) is 0 Å². The SMILES string of the molecule is CC1(NC(=O)C2CC(C=O)CC2COc2ccccc2)CC1. The molecule has 0 heterocycles. The van der Waals surface area contributed by atoms with E-state index in [4.69, 9.17) is 4.74 Å². The predicted octanol–water partition coefficient (Wildman–Crippen LogP) is 2.58. The molecule has 4 heteroatoms. The number of aldehydes is 1. The molecule has 2 aliphatic carbocycles. The van der Waals surface area contributed by atoms with Crippen molar-refractivity contribution in [1.29, 1.82) is 0 Å². The summed E-state index contributed by atoms with van der Waals surface area (Å²) in [6, 6.07) is 9.61. The van der Waals surface area contributed by atoms with E-state index in [1.165, 1.54) is 0 Å². The minimum Gasteiger partial charge on any atom is -0.493 e. The zero-order chi connectivity index (χ0) is 15.6. The number of amides is 1. The van der Waals surface area contributed by atoms with E-state index in [0.29, 0.717) is 13.0 Å². The molecule has 0 radical (unpaired) electrons. The predicted molar refractivity (Wildman–Crippen MR) is 83.5 cm³/mol. The van der Waals surface area contributed by atoms with Crippen molar-refractivity contribution in [2.45, 2.75) is 38.1 Å². The molecule has 2 saturated carbocycles. The molecule has 1 N–H and O–H groups in total. The lowest BCUT2D eigenvalue weighted by molar-refractivity contribution is -0.127. The second kappa shape index (κ2) is 6.11. The van der Waals surface area contributed by atoms with Crippen LogP contribution in [-0.2, 0) is 9.59 Å². The van der Waals surface area contributed by atoms with Gasteiger partial charge in [-0.05, 0) is 44.7 Å². The van der Waals surface area contributed by atoms with Crippen molar-refractivity contribution in [3.8, 4) is 5.75 Å². The van der Waals surface area contributed by atoms with Gasteiger partial charge in [-0.15, -0.1) is 0 Å². The van der Waals surface area contributed by atoms with Crippen LogP contribution in [0.4, 0.5) is 0 Å². The Labute approximate surface area is 131 Å². The smallest absolute Gasteiger partial charge is 0.223 e. The van der Waals surface area contributed by atoms with Crippen molar-refractivity contribution in [2.75, 3.05) is 6.61 Å². The Kier molecular flexibility index (Phi) is 4.19. The second-order valence-electron chi connectivity index (χ2n) is 6.91. The van der Waals surface area contributed by atoms with E-state index in [1.807, 2.05) is 30.3 Å². The van der Waals surface area contributed by atoms with Crippen LogP contribution in [0.1, 0.15) is 32.6 Å². The molecule has 1 aromatic rings. The zero-order valence-electron chi connectivity index (χ0n) is 13.0. The molecule has 3 atom stereocenters. The van der Waals surface area contributed by atoms with Gasteiger partial charge in [-0.3, -0.25) is 4.79 Å². The minimum atomic E-state index is -0.115. The van der Waals surface area contributed by atoms with Gasteiger partial charge in [0.25, 0.3) is 0 Å². The van der Waals surface area contributed by atoms with Crippen molar-refractivity contribution < 1.29 is 14.3 Å². The fourth-order valence-electron chi connectivity index (χ4n) is 3.21. The van der Waals surface area contributed by atoms with Crippen molar-refractivity contribution in [3.63, 3.8) is 0 Å². The number of nitrogens with one attached hydrogen (secondary N) is 1. The molecule has 0 saturated heterocycles. The zero-order valence-corrected chi connectivity index (χ0v) is 13.0. The Morgan fingerprint density at radius 2 is 2.05 bits per heavy atom. The summed E-state index contributed by atoms with van der Waals surface area (Å²) in [5.74, 6) is 0.873. The van der Waals surface area contributed by atoms with E-state index in [2.05, 4.69) is 12.2 Å². The van der Waals surface area contributed by atoms with Crippen LogP contribution in [0, 0.1) is 17.8 Å². The van der Waals surface area contributed by atoms with E-state index in [-0.39, 0.29) is 29.2 Å². The fraction of sp³-hybridized carbons (Fsp3) is 0.556. The normalized spacial score (nSPS) is 28.9. The lowest BCUT2D eigenvalue weighted by Gasteiger charge is -2.21. The van der Waals surface area contributed by atoms with Crippen LogP contribution >= 0.6 is 0 Å². The molecule has 2 aliphatic rings. The van der Waals surface area contributed by atoms with Gasteiger partial charge in [-0.2, -0.15) is 0 Å². The Bertz CT molecular complexity index is 539. The monoisotopic (exact) mass is 301 g/mol. The molecule has 0 bridgehead atoms. The molecule has 22 heavy (non-hydrogen) atoms. The topological polar surface area (TPSA) is 55.4 Å². The second-order valence-corrected chi connectivity index (χ2v) is 6.91. The van der Waals surface area contributed by atoms with Gasteiger partial charge >= 0.3 is 0 Å². The molecule has 3 rings (SSSR count). The van der Waals surface area contributed by atoms with E-state index < -0.39 is 0 Å². The molecule has 2 fully saturated rings. The third-order valence-corrected chi connectivity index (χ3v) is 4.89. The molecular weight excluding hydrogens is 278 g/mol. The van der Waals surface area contributed by atoms with Crippen LogP contribution in [0.3, 0.4) is 0 Å². The van der Waals surface area contributed by atoms with Gasteiger partial charge in [0.15, 0.2) is 0 Å². The number of para-hydroxylation sites is 1. The highest BCUT2D eigenvalue weighted by Crippen LogP contribution is 2.39. The first-order valence-corrected chi connectivity index (χ1v) is 8.05. The summed E-state index contributed by atoms with van der Waals surface area (Å²) < 4.78 is 5.81. The number of benzene rings is 1. The van der Waals surface area contributed by atoms with Gasteiger partial charge < -0.3 is 14.8 Å². The summed E-state index contributed by atoms with van der Waals surface area (Å²) in [5, 5.41) is 3.13. The summed E-state index contributed by atoms with van der Waals surface area (Å²) in [4.78, 5) is 23.6. The lowest BCUT2D eigenvalue weighted by atomic mass is 9.95. The summed E-state index contributed by atoms with van der Waals surface area (Å²) in [7, 11) is 0. The lowest BCUT2D eigenvalue weighted by Crippen LogP contribution is -2.40. The Morgan fingerprint density at radius 3 is 2.68 bits per heavy atom. The molecule has 1 aromatic carbocycles. The van der Waals surface area contributed by atoms with E-state index in [9.17, 15) is 9.59 Å². The first kappa shape index (κ1) is 15.1. The maximum atomic E-state index is 12.5. The first-order chi connectivity index (χ1) is 10.6. The average Bonchev–Trinajstić information content (AvgIpc) is 3.10. The third-order valence-electron chi connectivity index (χ3n) is 4.89. The minimum absolute atomic E-state index is 0.0127. The molecular formula is C18H23NO3. The van der Waals surface area contributed by atoms with Gasteiger partial charge in [0.05, 0.1) is 6.61 Å². The highest BCUT2D eigenvalue weighted by molar-refractivity contribution is 5.81. The highest BCUT2D eigenvalue weighted by atomic mass is 16.5. The number of ether oxygens (including phenoxy) is 1. The summed E-state index contributed by atoms with van der Waals surface area (Å²) in [5.41, 5.74) is -0.0127. The highest BCUT2D eigenvalue weighted by Gasteiger charge is 2.44. The fourth-order valence-corrected chi connectivity index (χ4v) is 3.21. The number of rotatable bonds is 6. The molecule has 4 nitrogen and oxygen atoms in total. The molecule has 0 aromatic heterocycles. The van der Waals surface area contributed by atoms with E-state index in [1.54, 1.807) is 0 Å². The number of carbonyl (C=O) groups excluding carboxylic acids is 2. The van der Waals surface area contributed by atoms with Crippen LogP contribution in [0.15, 0.2) is 30.3 Å². The van der Waals surface area contributed by atoms with Gasteiger partial charge in [0.2, 0.25) is 5.91 Å². The Morgan fingerprint density at radius 1 is 1.32 bits per heavy atom. The van der Waals surface area contributed by atoms with Crippen molar-refractivity contribution in [1.82, 2.24) is 5.32 Å². The van der Waals surface area contributed by atoms with Crippen molar-refractivity contribution in [3.05, 3.63) is 30.3 Å². The van der Waals surface area contributed by atoms with Gasteiger partial charge in [-0.1, -0.05) is 18.2 Å². The molecule has 0 spiro atoms. The molecule has 0 aliphatic heterocycles. The summed E-state index contributed by atoms with van der Waals surface area (Å²) >= 11 is 0. The Hall–Kier alpha value is -1.84. The largest absolute Gasteiger partial charge is 0.493 e. The van der Waals surface area contributed by atoms with Crippen LogP contribution in [-0.4, -0.2) is 24.3 Å². The standard InChI is InChI=1S/C18H23NO3/c1-18(7-8-18)19-17(21)16-10-13(11-20)9-14(16)12-22-15-5-3-2-4-6-15/h2-6,11,13-14,16H,7-10,12H2,1H3,(H,19,21). The van der Waals surface area contributed by atoms with Gasteiger partial charge in [0, 0.05) is 23.3 Å². The molecule has 118 valence electrons. The maximum absolute atomic E-state index is 12.5. The third kappa shape index (κ3) is 3.49. The van der Waals surface area contributed by atoms with Crippen molar-refractivity contribution >= 4 is 12.2 Å². The number of hydrogen-bond acceptors (Lipinski definition) is 3. The van der Waals surface area contributed by atoms with Crippen molar-refractivity contribution in [2.24, 2.45) is 17.8 Å². The summed E-state index contributed by atoms with van der Waals surface area (Å²) in [6.45, 7) is 2.57. The first-order valence-electron chi connectivity index (χ1n) is 8.05. The maximum Gasteiger partial charge on any atom is 0.223 e. The molecule has 3 unspecified atom stereocenters. The Balaban J connectivity index is 1.61. The van der Waals surface area contributed by atoms with Gasteiger partial charge in [0.1, 0.15) is 12.0 Å². The van der Waals surface area contributed by atoms with Crippen LogP contribution in [0.25, 0.3) is 0 Å². The van der Waals surface area contributed by atoms with E-state index >= 15 is 0 Å². The molecule has 1 amide bonds. The number of hydrogen-bond donors (Lipinski definition) is 1. The van der Waals surface area contributed by atoms with E-state index in [0.717, 1.165) is 31.3 Å². The quantitative estimate of drug-likeness (QED) is 0.822.